The van der Waals surface area contributed by atoms with Crippen LogP contribution in [0.15, 0.2) is 72.1 Å². The van der Waals surface area contributed by atoms with E-state index in [0.717, 1.165) is 27.8 Å². The zero-order valence-electron chi connectivity index (χ0n) is 18.6. The van der Waals surface area contributed by atoms with Gasteiger partial charge < -0.3 is 9.13 Å². The first-order chi connectivity index (χ1) is 15.9. The van der Waals surface area contributed by atoms with Gasteiger partial charge in [0, 0.05) is 41.0 Å². The largest absolute Gasteiger partial charge is 0.319 e. The Morgan fingerprint density at radius 2 is 1.39 bits per heavy atom. The highest BCUT2D eigenvalue weighted by Crippen LogP contribution is 2.20. The summed E-state index contributed by atoms with van der Waals surface area (Å²) in [5, 5.41) is 8.72. The van der Waals surface area contributed by atoms with Crippen LogP contribution in [0.25, 0.3) is 5.69 Å². The van der Waals surface area contributed by atoms with E-state index in [1.54, 1.807) is 42.4 Å². The molecule has 0 fully saturated rings. The Bertz CT molecular complexity index is 1260. The van der Waals surface area contributed by atoms with Gasteiger partial charge in [-0.25, -0.2) is 0 Å². The van der Waals surface area contributed by atoms with E-state index in [-0.39, 0.29) is 11.8 Å². The molecule has 9 heteroatoms. The van der Waals surface area contributed by atoms with E-state index in [0.29, 0.717) is 16.9 Å². The van der Waals surface area contributed by atoms with Gasteiger partial charge in [-0.15, -0.1) is 10.2 Å². The molecule has 0 saturated carbocycles. The number of aryl methyl sites for hydroxylation is 3. The lowest BCUT2D eigenvalue weighted by Crippen LogP contribution is -2.41. The summed E-state index contributed by atoms with van der Waals surface area (Å²) in [5.74, 6) is -0.0536. The minimum atomic E-state index is -0.383. The number of carbonyl (C=O) groups excluding carboxylic acids is 2. The summed E-state index contributed by atoms with van der Waals surface area (Å²) in [4.78, 5) is 24.9. The highest BCUT2D eigenvalue weighted by molar-refractivity contribution is 7.98. The molecular weight excluding hydrogens is 436 g/mol. The fourth-order valence-electron chi connectivity index (χ4n) is 3.40. The van der Waals surface area contributed by atoms with Crippen LogP contribution in [0, 0.1) is 13.8 Å². The van der Waals surface area contributed by atoms with Gasteiger partial charge in [0.25, 0.3) is 11.8 Å². The van der Waals surface area contributed by atoms with E-state index < -0.39 is 0 Å². The second kappa shape index (κ2) is 9.74. The molecule has 0 unspecified atom stereocenters. The summed E-state index contributed by atoms with van der Waals surface area (Å²) in [5.41, 5.74) is 10.1. The van der Waals surface area contributed by atoms with Gasteiger partial charge in [0.05, 0.1) is 0 Å². The van der Waals surface area contributed by atoms with Crippen molar-refractivity contribution < 1.29 is 9.59 Å². The Kier molecular flexibility index (Phi) is 6.60. The monoisotopic (exact) mass is 460 g/mol. The molecule has 0 radical (unpaired) electrons. The molecule has 2 heterocycles. The SMILES string of the molecule is Cc1ccc(C)n1-c1ccc(C(=O)NNC(=O)c2ccc(CSc3nncn3C)cc2)cc1. The molecule has 0 spiro atoms. The number of amides is 2. The summed E-state index contributed by atoms with van der Waals surface area (Å²) >= 11 is 1.56. The number of thioether (sulfide) groups is 1. The van der Waals surface area contributed by atoms with Gasteiger partial charge in [-0.05, 0) is 67.9 Å². The van der Waals surface area contributed by atoms with Gasteiger partial charge in [0.1, 0.15) is 6.33 Å². The topological polar surface area (TPSA) is 93.8 Å². The van der Waals surface area contributed by atoms with Crippen molar-refractivity contribution in [3.8, 4) is 5.69 Å². The zero-order valence-corrected chi connectivity index (χ0v) is 19.4. The lowest BCUT2D eigenvalue weighted by molar-refractivity contribution is 0.0846. The molecule has 8 nitrogen and oxygen atoms in total. The van der Waals surface area contributed by atoms with Gasteiger partial charge >= 0.3 is 0 Å². The predicted octanol–water partition coefficient (Wildman–Crippen LogP) is 3.59. The Morgan fingerprint density at radius 3 is 1.91 bits per heavy atom. The van der Waals surface area contributed by atoms with Crippen molar-refractivity contribution in [3.05, 3.63) is 95.1 Å². The minimum Gasteiger partial charge on any atom is -0.319 e. The Morgan fingerprint density at radius 1 is 0.848 bits per heavy atom. The summed E-state index contributed by atoms with van der Waals surface area (Å²) < 4.78 is 3.96. The van der Waals surface area contributed by atoms with Crippen molar-refractivity contribution in [1.29, 1.82) is 0 Å². The van der Waals surface area contributed by atoms with Gasteiger partial charge in [-0.2, -0.15) is 0 Å². The van der Waals surface area contributed by atoms with Crippen LogP contribution in [0.5, 0.6) is 0 Å². The lowest BCUT2D eigenvalue weighted by atomic mass is 10.1. The number of hydrogen-bond donors (Lipinski definition) is 2. The Hall–Kier alpha value is -3.85. The molecule has 2 aromatic carbocycles. The normalized spacial score (nSPS) is 10.8. The first-order valence-electron chi connectivity index (χ1n) is 10.3. The number of nitrogens with one attached hydrogen (secondary N) is 2. The average Bonchev–Trinajstić information content (AvgIpc) is 3.40. The van der Waals surface area contributed by atoms with E-state index in [4.69, 9.17) is 0 Å². The lowest BCUT2D eigenvalue weighted by Gasteiger charge is -2.11. The van der Waals surface area contributed by atoms with Crippen molar-refractivity contribution in [2.45, 2.75) is 24.8 Å². The number of nitrogens with zero attached hydrogens (tertiary/aromatic N) is 4. The molecular formula is C24H24N6O2S. The Balaban J connectivity index is 1.31. The number of hydrazine groups is 1. The van der Waals surface area contributed by atoms with Crippen molar-refractivity contribution in [2.75, 3.05) is 0 Å². The quantitative estimate of drug-likeness (QED) is 0.339. The first kappa shape index (κ1) is 22.3. The van der Waals surface area contributed by atoms with E-state index in [9.17, 15) is 9.59 Å². The van der Waals surface area contributed by atoms with E-state index in [2.05, 4.69) is 37.7 Å². The molecule has 33 heavy (non-hydrogen) atoms. The summed E-state index contributed by atoms with van der Waals surface area (Å²) in [6.45, 7) is 4.07. The predicted molar refractivity (Wildman–Crippen MR) is 127 cm³/mol. The van der Waals surface area contributed by atoms with Crippen LogP contribution >= 0.6 is 11.8 Å². The molecule has 2 aromatic heterocycles. The molecule has 4 aromatic rings. The maximum absolute atomic E-state index is 12.4. The van der Waals surface area contributed by atoms with Crippen molar-refractivity contribution in [3.63, 3.8) is 0 Å². The van der Waals surface area contributed by atoms with Crippen LogP contribution in [0.2, 0.25) is 0 Å². The van der Waals surface area contributed by atoms with E-state index >= 15 is 0 Å². The third-order valence-corrected chi connectivity index (χ3v) is 6.31. The molecule has 0 aliphatic rings. The minimum absolute atomic E-state index is 0.382. The second-order valence-corrected chi connectivity index (χ2v) is 8.56. The molecule has 2 amide bonds. The number of hydrogen-bond acceptors (Lipinski definition) is 5. The van der Waals surface area contributed by atoms with Crippen molar-refractivity contribution >= 4 is 23.6 Å². The highest BCUT2D eigenvalue weighted by Gasteiger charge is 2.11. The van der Waals surface area contributed by atoms with Crippen LogP contribution in [-0.2, 0) is 12.8 Å². The number of aromatic nitrogens is 4. The van der Waals surface area contributed by atoms with Crippen LogP contribution in [-0.4, -0.2) is 31.1 Å². The second-order valence-electron chi connectivity index (χ2n) is 7.62. The van der Waals surface area contributed by atoms with Crippen LogP contribution < -0.4 is 10.9 Å². The van der Waals surface area contributed by atoms with Gasteiger partial charge in [-0.3, -0.25) is 20.4 Å². The molecule has 2 N–H and O–H groups in total. The van der Waals surface area contributed by atoms with Crippen molar-refractivity contribution in [1.82, 2.24) is 30.2 Å². The average molecular weight is 461 g/mol. The van der Waals surface area contributed by atoms with E-state index in [1.807, 2.05) is 49.7 Å². The van der Waals surface area contributed by atoms with Crippen LogP contribution in [0.4, 0.5) is 0 Å². The molecule has 4 rings (SSSR count). The molecule has 0 aliphatic heterocycles. The zero-order chi connectivity index (χ0) is 23.4. The van der Waals surface area contributed by atoms with Crippen molar-refractivity contribution in [2.24, 2.45) is 7.05 Å². The van der Waals surface area contributed by atoms with Crippen LogP contribution in [0.3, 0.4) is 0 Å². The maximum atomic E-state index is 12.4. The number of rotatable bonds is 6. The van der Waals surface area contributed by atoms with Gasteiger partial charge in [0.2, 0.25) is 0 Å². The van der Waals surface area contributed by atoms with Gasteiger partial charge in [-0.1, -0.05) is 23.9 Å². The number of carbonyl (C=O) groups is 2. The first-order valence-corrected chi connectivity index (χ1v) is 11.3. The molecule has 0 saturated heterocycles. The number of benzene rings is 2. The third kappa shape index (κ3) is 5.15. The van der Waals surface area contributed by atoms with E-state index in [1.165, 1.54) is 0 Å². The molecule has 0 aliphatic carbocycles. The fraction of sp³-hybridized carbons (Fsp3) is 0.167. The molecule has 0 atom stereocenters. The third-order valence-electron chi connectivity index (χ3n) is 5.20. The highest BCUT2D eigenvalue weighted by atomic mass is 32.2. The fourth-order valence-corrected chi connectivity index (χ4v) is 4.24. The molecule has 0 bridgehead atoms. The van der Waals surface area contributed by atoms with Gasteiger partial charge in [0.15, 0.2) is 5.16 Å². The maximum Gasteiger partial charge on any atom is 0.269 e. The summed E-state index contributed by atoms with van der Waals surface area (Å²) in [7, 11) is 1.89. The smallest absolute Gasteiger partial charge is 0.269 e. The summed E-state index contributed by atoms with van der Waals surface area (Å²) in [6.07, 6.45) is 1.66. The summed E-state index contributed by atoms with van der Waals surface area (Å²) in [6, 6.07) is 18.6. The molecule has 168 valence electrons. The Labute approximate surface area is 196 Å². The van der Waals surface area contributed by atoms with Crippen LogP contribution in [0.1, 0.15) is 37.7 Å². The standard InChI is InChI=1S/C24H24N6O2S/c1-16-4-5-17(2)30(16)21-12-10-20(11-13-21)23(32)27-26-22(31)19-8-6-18(7-9-19)14-33-24-28-25-15-29(24)3/h4-13,15H,14H2,1-3H3,(H,26,31)(H,27,32).